The summed E-state index contributed by atoms with van der Waals surface area (Å²) in [5, 5.41) is 13.6. The zero-order valence-electron chi connectivity index (χ0n) is 11.8. The largest absolute Gasteiger partial charge is 0.348 e. The smallest absolute Gasteiger partial charge is 0.251 e. The SMILES string of the molecule is CC(C)N1CC[C@@H](NC(=O)c2ccc3n[nH]nc3c2)C1. The van der Waals surface area contributed by atoms with Crippen molar-refractivity contribution in [1.29, 1.82) is 0 Å². The molecule has 1 saturated heterocycles. The fourth-order valence-corrected chi connectivity index (χ4v) is 2.62. The summed E-state index contributed by atoms with van der Waals surface area (Å²) in [5.41, 5.74) is 2.12. The van der Waals surface area contributed by atoms with E-state index in [0.717, 1.165) is 25.0 Å². The second kappa shape index (κ2) is 5.20. The maximum Gasteiger partial charge on any atom is 0.251 e. The Morgan fingerprint density at radius 1 is 1.40 bits per heavy atom. The van der Waals surface area contributed by atoms with Crippen LogP contribution in [0.1, 0.15) is 30.6 Å². The van der Waals surface area contributed by atoms with Crippen LogP contribution in [0.15, 0.2) is 18.2 Å². The number of rotatable bonds is 3. The van der Waals surface area contributed by atoms with Gasteiger partial charge in [0, 0.05) is 30.7 Å². The van der Waals surface area contributed by atoms with Gasteiger partial charge in [-0.25, -0.2) is 0 Å². The van der Waals surface area contributed by atoms with Crippen LogP contribution in [0.3, 0.4) is 0 Å². The van der Waals surface area contributed by atoms with E-state index in [9.17, 15) is 4.79 Å². The molecule has 1 aromatic carbocycles. The molecule has 1 aliphatic heterocycles. The van der Waals surface area contributed by atoms with E-state index in [1.165, 1.54) is 0 Å². The minimum atomic E-state index is -0.0366. The summed E-state index contributed by atoms with van der Waals surface area (Å²) in [6, 6.07) is 6.13. The standard InChI is InChI=1S/C14H19N5O/c1-9(2)19-6-5-11(8-19)15-14(20)10-3-4-12-13(7-10)17-18-16-12/h3-4,7,9,11H,5-6,8H2,1-2H3,(H,15,20)(H,16,17,18)/t11-/m1/s1. The molecule has 0 radical (unpaired) electrons. The summed E-state index contributed by atoms with van der Waals surface area (Å²) < 4.78 is 0. The van der Waals surface area contributed by atoms with Gasteiger partial charge in [-0.15, -0.1) is 0 Å². The first kappa shape index (κ1) is 13.1. The van der Waals surface area contributed by atoms with Gasteiger partial charge < -0.3 is 5.32 Å². The maximum absolute atomic E-state index is 12.3. The summed E-state index contributed by atoms with van der Waals surface area (Å²) in [4.78, 5) is 14.6. The molecule has 2 N–H and O–H groups in total. The van der Waals surface area contributed by atoms with E-state index in [-0.39, 0.29) is 11.9 Å². The molecule has 1 aromatic heterocycles. The van der Waals surface area contributed by atoms with Crippen LogP contribution in [-0.4, -0.2) is 51.4 Å². The summed E-state index contributed by atoms with van der Waals surface area (Å²) in [5.74, 6) is -0.0366. The van der Waals surface area contributed by atoms with Gasteiger partial charge in [0.1, 0.15) is 11.0 Å². The number of nitrogens with one attached hydrogen (secondary N) is 2. The fraction of sp³-hybridized carbons (Fsp3) is 0.500. The molecule has 1 amide bonds. The first-order valence-electron chi connectivity index (χ1n) is 6.99. The molecule has 0 bridgehead atoms. The topological polar surface area (TPSA) is 73.9 Å². The molecule has 1 atom stereocenters. The Morgan fingerprint density at radius 3 is 2.95 bits per heavy atom. The molecule has 1 aliphatic rings. The number of hydrogen-bond donors (Lipinski definition) is 2. The Hall–Kier alpha value is -1.95. The van der Waals surface area contributed by atoms with Crippen molar-refractivity contribution in [2.75, 3.05) is 13.1 Å². The lowest BCUT2D eigenvalue weighted by atomic mass is 10.1. The van der Waals surface area contributed by atoms with Crippen LogP contribution < -0.4 is 5.32 Å². The minimum Gasteiger partial charge on any atom is -0.348 e. The zero-order chi connectivity index (χ0) is 14.1. The number of carbonyl (C=O) groups is 1. The van der Waals surface area contributed by atoms with Crippen LogP contribution in [0.4, 0.5) is 0 Å². The second-order valence-corrected chi connectivity index (χ2v) is 5.57. The average Bonchev–Trinajstić information content (AvgIpc) is 3.05. The van der Waals surface area contributed by atoms with E-state index >= 15 is 0 Å². The van der Waals surface area contributed by atoms with E-state index < -0.39 is 0 Å². The van der Waals surface area contributed by atoms with Gasteiger partial charge in [-0.05, 0) is 38.5 Å². The van der Waals surface area contributed by atoms with Crippen LogP contribution in [0.5, 0.6) is 0 Å². The van der Waals surface area contributed by atoms with E-state index in [0.29, 0.717) is 17.1 Å². The predicted octanol–water partition coefficient (Wildman–Crippen LogP) is 1.17. The molecule has 106 valence electrons. The number of aromatic amines is 1. The molecule has 0 spiro atoms. The highest BCUT2D eigenvalue weighted by atomic mass is 16.1. The Labute approximate surface area is 117 Å². The highest BCUT2D eigenvalue weighted by Crippen LogP contribution is 2.14. The number of likely N-dealkylation sites (tertiary alicyclic amines) is 1. The number of benzene rings is 1. The fourth-order valence-electron chi connectivity index (χ4n) is 2.62. The number of amides is 1. The molecule has 3 rings (SSSR count). The quantitative estimate of drug-likeness (QED) is 0.880. The van der Waals surface area contributed by atoms with E-state index in [1.807, 2.05) is 6.07 Å². The Kier molecular flexibility index (Phi) is 3.40. The van der Waals surface area contributed by atoms with E-state index in [4.69, 9.17) is 0 Å². The van der Waals surface area contributed by atoms with Gasteiger partial charge in [-0.1, -0.05) is 0 Å². The Balaban J connectivity index is 1.67. The monoisotopic (exact) mass is 273 g/mol. The van der Waals surface area contributed by atoms with Gasteiger partial charge >= 0.3 is 0 Å². The van der Waals surface area contributed by atoms with Crippen molar-refractivity contribution >= 4 is 16.9 Å². The molecule has 20 heavy (non-hydrogen) atoms. The number of fused-ring (bicyclic) bond motifs is 1. The summed E-state index contributed by atoms with van der Waals surface area (Å²) in [6.45, 7) is 6.34. The van der Waals surface area contributed by atoms with Crippen LogP contribution >= 0.6 is 0 Å². The second-order valence-electron chi connectivity index (χ2n) is 5.57. The first-order chi connectivity index (χ1) is 9.63. The molecular formula is C14H19N5O. The summed E-state index contributed by atoms with van der Waals surface area (Å²) in [7, 11) is 0. The summed E-state index contributed by atoms with van der Waals surface area (Å²) in [6.07, 6.45) is 1.01. The Morgan fingerprint density at radius 2 is 2.20 bits per heavy atom. The number of carbonyl (C=O) groups excluding carboxylic acids is 1. The average molecular weight is 273 g/mol. The van der Waals surface area contributed by atoms with Crippen molar-refractivity contribution in [3.63, 3.8) is 0 Å². The van der Waals surface area contributed by atoms with Crippen molar-refractivity contribution in [3.8, 4) is 0 Å². The third-order valence-corrected chi connectivity index (χ3v) is 3.86. The van der Waals surface area contributed by atoms with Gasteiger partial charge in [0.05, 0.1) is 0 Å². The van der Waals surface area contributed by atoms with E-state index in [1.54, 1.807) is 12.1 Å². The third kappa shape index (κ3) is 2.51. The van der Waals surface area contributed by atoms with E-state index in [2.05, 4.69) is 39.5 Å². The third-order valence-electron chi connectivity index (χ3n) is 3.86. The highest BCUT2D eigenvalue weighted by molar-refractivity contribution is 5.97. The van der Waals surface area contributed by atoms with Crippen LogP contribution in [0, 0.1) is 0 Å². The zero-order valence-corrected chi connectivity index (χ0v) is 11.8. The van der Waals surface area contributed by atoms with Crippen molar-refractivity contribution in [2.45, 2.75) is 32.4 Å². The normalized spacial score (nSPS) is 19.9. The molecule has 6 heteroatoms. The number of hydrogen-bond acceptors (Lipinski definition) is 4. The molecule has 2 heterocycles. The lowest BCUT2D eigenvalue weighted by Gasteiger charge is -2.20. The van der Waals surface area contributed by atoms with Gasteiger partial charge in [-0.3, -0.25) is 9.69 Å². The molecule has 6 nitrogen and oxygen atoms in total. The van der Waals surface area contributed by atoms with Crippen molar-refractivity contribution in [3.05, 3.63) is 23.8 Å². The molecule has 1 fully saturated rings. The lowest BCUT2D eigenvalue weighted by molar-refractivity contribution is 0.0937. The molecule has 0 aliphatic carbocycles. The predicted molar refractivity (Wildman–Crippen MR) is 76.5 cm³/mol. The van der Waals surface area contributed by atoms with Gasteiger partial charge in [0.2, 0.25) is 0 Å². The number of aromatic nitrogens is 3. The Bertz CT molecular complexity index is 621. The van der Waals surface area contributed by atoms with Crippen molar-refractivity contribution in [2.24, 2.45) is 0 Å². The first-order valence-corrected chi connectivity index (χ1v) is 6.99. The van der Waals surface area contributed by atoms with Gasteiger partial charge in [0.25, 0.3) is 5.91 Å². The van der Waals surface area contributed by atoms with Crippen LogP contribution in [-0.2, 0) is 0 Å². The van der Waals surface area contributed by atoms with Gasteiger partial charge in [-0.2, -0.15) is 15.4 Å². The van der Waals surface area contributed by atoms with Crippen LogP contribution in [0.2, 0.25) is 0 Å². The number of H-pyrrole nitrogens is 1. The van der Waals surface area contributed by atoms with Crippen molar-refractivity contribution < 1.29 is 4.79 Å². The van der Waals surface area contributed by atoms with Crippen molar-refractivity contribution in [1.82, 2.24) is 25.6 Å². The van der Waals surface area contributed by atoms with Gasteiger partial charge in [0.15, 0.2) is 0 Å². The molecule has 0 unspecified atom stereocenters. The number of nitrogens with zero attached hydrogens (tertiary/aromatic N) is 3. The molecular weight excluding hydrogens is 254 g/mol. The lowest BCUT2D eigenvalue weighted by Crippen LogP contribution is -2.38. The summed E-state index contributed by atoms with van der Waals surface area (Å²) >= 11 is 0. The highest BCUT2D eigenvalue weighted by Gasteiger charge is 2.25. The maximum atomic E-state index is 12.3. The van der Waals surface area contributed by atoms with Crippen LogP contribution in [0.25, 0.3) is 11.0 Å². The molecule has 2 aromatic rings. The minimum absolute atomic E-state index is 0.0366. The molecule has 0 saturated carbocycles.